The van der Waals surface area contributed by atoms with Gasteiger partial charge in [0.15, 0.2) is 0 Å². The SMILES string of the molecule is Cn1ccnc1CCNS(=O)(=O)c1cc(CO)ccc1F. The maximum atomic E-state index is 13.6. The van der Waals surface area contributed by atoms with Crippen LogP contribution in [-0.4, -0.2) is 29.6 Å². The van der Waals surface area contributed by atoms with E-state index in [1.807, 2.05) is 0 Å². The normalized spacial score (nSPS) is 11.8. The molecule has 0 unspecified atom stereocenters. The lowest BCUT2D eigenvalue weighted by molar-refractivity contribution is 0.281. The molecule has 0 saturated heterocycles. The largest absolute Gasteiger partial charge is 0.392 e. The van der Waals surface area contributed by atoms with Crippen LogP contribution in [0.4, 0.5) is 4.39 Å². The molecule has 0 fully saturated rings. The Morgan fingerprint density at radius 2 is 2.19 bits per heavy atom. The number of hydrogen-bond donors (Lipinski definition) is 2. The van der Waals surface area contributed by atoms with Gasteiger partial charge in [-0.05, 0) is 17.7 Å². The minimum atomic E-state index is -3.96. The van der Waals surface area contributed by atoms with Crippen molar-refractivity contribution in [3.8, 4) is 0 Å². The second-order valence-corrected chi connectivity index (χ2v) is 6.26. The van der Waals surface area contributed by atoms with Gasteiger partial charge < -0.3 is 9.67 Å². The molecule has 0 aliphatic rings. The third kappa shape index (κ3) is 3.66. The molecule has 1 aromatic carbocycles. The van der Waals surface area contributed by atoms with E-state index >= 15 is 0 Å². The Kier molecular flexibility index (Phi) is 4.71. The van der Waals surface area contributed by atoms with E-state index in [1.54, 1.807) is 24.0 Å². The van der Waals surface area contributed by atoms with E-state index in [1.165, 1.54) is 6.07 Å². The van der Waals surface area contributed by atoms with Crippen LogP contribution in [-0.2, 0) is 30.1 Å². The highest BCUT2D eigenvalue weighted by Gasteiger charge is 2.19. The number of sulfonamides is 1. The van der Waals surface area contributed by atoms with Crippen molar-refractivity contribution in [1.29, 1.82) is 0 Å². The van der Waals surface area contributed by atoms with E-state index in [2.05, 4.69) is 9.71 Å². The molecule has 2 N–H and O–H groups in total. The predicted octanol–water partition coefficient (Wildman–Crippen LogP) is 0.572. The van der Waals surface area contributed by atoms with Crippen molar-refractivity contribution in [3.05, 3.63) is 47.8 Å². The summed E-state index contributed by atoms with van der Waals surface area (Å²) in [6.45, 7) is -0.244. The van der Waals surface area contributed by atoms with Gasteiger partial charge in [0.1, 0.15) is 16.5 Å². The molecule has 0 aliphatic heterocycles. The highest BCUT2D eigenvalue weighted by Crippen LogP contribution is 2.16. The second-order valence-electron chi connectivity index (χ2n) is 4.53. The van der Waals surface area contributed by atoms with Gasteiger partial charge in [0, 0.05) is 32.4 Å². The van der Waals surface area contributed by atoms with Gasteiger partial charge in [0.05, 0.1) is 6.61 Å². The summed E-state index contributed by atoms with van der Waals surface area (Å²) >= 11 is 0. The Hall–Kier alpha value is -1.77. The Labute approximate surface area is 122 Å². The van der Waals surface area contributed by atoms with E-state index in [0.717, 1.165) is 18.0 Å². The van der Waals surface area contributed by atoms with Gasteiger partial charge in [-0.2, -0.15) is 0 Å². The van der Waals surface area contributed by atoms with Gasteiger partial charge in [-0.1, -0.05) is 6.07 Å². The number of hydrogen-bond acceptors (Lipinski definition) is 4. The first-order valence-corrected chi connectivity index (χ1v) is 7.77. The summed E-state index contributed by atoms with van der Waals surface area (Å²) in [5.41, 5.74) is 0.334. The molecule has 0 aliphatic carbocycles. The summed E-state index contributed by atoms with van der Waals surface area (Å²) in [6.07, 6.45) is 3.77. The van der Waals surface area contributed by atoms with Crippen LogP contribution in [0.5, 0.6) is 0 Å². The number of aryl methyl sites for hydroxylation is 1. The maximum Gasteiger partial charge on any atom is 0.243 e. The number of halogens is 1. The van der Waals surface area contributed by atoms with Crippen LogP contribution in [0.2, 0.25) is 0 Å². The highest BCUT2D eigenvalue weighted by atomic mass is 32.2. The summed E-state index contributed by atoms with van der Waals surface area (Å²) in [5, 5.41) is 9.00. The number of nitrogens with zero attached hydrogens (tertiary/aromatic N) is 2. The van der Waals surface area contributed by atoms with Gasteiger partial charge in [-0.3, -0.25) is 0 Å². The standard InChI is InChI=1S/C13H16FN3O3S/c1-17-7-6-15-13(17)4-5-16-21(19,20)12-8-10(9-18)2-3-11(12)14/h2-3,6-8,16,18H,4-5,9H2,1H3. The Morgan fingerprint density at radius 1 is 1.43 bits per heavy atom. The number of aromatic nitrogens is 2. The molecular weight excluding hydrogens is 297 g/mol. The zero-order valence-corrected chi connectivity index (χ0v) is 12.3. The molecule has 6 nitrogen and oxygen atoms in total. The van der Waals surface area contributed by atoms with Gasteiger partial charge in [0.25, 0.3) is 0 Å². The fraction of sp³-hybridized carbons (Fsp3) is 0.308. The number of benzene rings is 1. The number of nitrogens with one attached hydrogen (secondary N) is 1. The van der Waals surface area contributed by atoms with Crippen LogP contribution < -0.4 is 4.72 Å². The van der Waals surface area contributed by atoms with Crippen LogP contribution >= 0.6 is 0 Å². The number of rotatable bonds is 6. The number of imidazole rings is 1. The second kappa shape index (κ2) is 6.33. The summed E-state index contributed by atoms with van der Waals surface area (Å²) in [7, 11) is -2.16. The van der Waals surface area contributed by atoms with E-state index in [0.29, 0.717) is 12.0 Å². The quantitative estimate of drug-likeness (QED) is 0.817. The number of aliphatic hydroxyl groups excluding tert-OH is 1. The molecule has 0 saturated carbocycles. The fourth-order valence-electron chi connectivity index (χ4n) is 1.86. The van der Waals surface area contributed by atoms with Crippen molar-refractivity contribution in [3.63, 3.8) is 0 Å². The first-order chi connectivity index (χ1) is 9.94. The lowest BCUT2D eigenvalue weighted by Crippen LogP contribution is -2.27. The zero-order valence-electron chi connectivity index (χ0n) is 11.5. The Morgan fingerprint density at radius 3 is 2.81 bits per heavy atom. The molecule has 2 rings (SSSR count). The molecule has 21 heavy (non-hydrogen) atoms. The van der Waals surface area contributed by atoms with E-state index in [4.69, 9.17) is 5.11 Å². The first kappa shape index (κ1) is 15.6. The molecule has 1 heterocycles. The van der Waals surface area contributed by atoms with Crippen LogP contribution in [0.1, 0.15) is 11.4 Å². The van der Waals surface area contributed by atoms with Crippen molar-refractivity contribution in [1.82, 2.24) is 14.3 Å². The summed E-state index contributed by atoms with van der Waals surface area (Å²) in [4.78, 5) is 3.61. The van der Waals surface area contributed by atoms with Crippen LogP contribution in [0.15, 0.2) is 35.5 Å². The minimum absolute atomic E-state index is 0.107. The van der Waals surface area contributed by atoms with Crippen LogP contribution in [0, 0.1) is 5.82 Å². The van der Waals surface area contributed by atoms with Gasteiger partial charge in [-0.25, -0.2) is 22.5 Å². The molecule has 0 radical (unpaired) electrons. The molecule has 0 amide bonds. The predicted molar refractivity (Wildman–Crippen MR) is 74.4 cm³/mol. The van der Waals surface area contributed by atoms with Crippen molar-refractivity contribution in [2.75, 3.05) is 6.54 Å². The van der Waals surface area contributed by atoms with E-state index in [9.17, 15) is 12.8 Å². The summed E-state index contributed by atoms with van der Waals surface area (Å²) in [6, 6.07) is 3.49. The van der Waals surface area contributed by atoms with E-state index in [-0.39, 0.29) is 13.2 Å². The van der Waals surface area contributed by atoms with Gasteiger partial charge >= 0.3 is 0 Å². The third-order valence-corrected chi connectivity index (χ3v) is 4.51. The molecular formula is C13H16FN3O3S. The maximum absolute atomic E-state index is 13.6. The average molecular weight is 313 g/mol. The fourth-order valence-corrected chi connectivity index (χ4v) is 3.02. The first-order valence-electron chi connectivity index (χ1n) is 6.29. The van der Waals surface area contributed by atoms with Crippen molar-refractivity contribution >= 4 is 10.0 Å². The van der Waals surface area contributed by atoms with Crippen LogP contribution in [0.25, 0.3) is 0 Å². The molecule has 114 valence electrons. The molecule has 0 spiro atoms. The Balaban J connectivity index is 2.10. The average Bonchev–Trinajstić information content (AvgIpc) is 2.84. The zero-order chi connectivity index (χ0) is 15.5. The smallest absolute Gasteiger partial charge is 0.243 e. The van der Waals surface area contributed by atoms with E-state index < -0.39 is 20.7 Å². The monoisotopic (exact) mass is 313 g/mol. The lowest BCUT2D eigenvalue weighted by atomic mass is 10.2. The van der Waals surface area contributed by atoms with Crippen molar-refractivity contribution < 1.29 is 17.9 Å². The summed E-state index contributed by atoms with van der Waals surface area (Å²) in [5.74, 6) is -0.126. The molecule has 2 aromatic rings. The highest BCUT2D eigenvalue weighted by molar-refractivity contribution is 7.89. The van der Waals surface area contributed by atoms with Crippen LogP contribution in [0.3, 0.4) is 0 Å². The molecule has 0 bridgehead atoms. The summed E-state index contributed by atoms with van der Waals surface area (Å²) < 4.78 is 41.9. The third-order valence-electron chi connectivity index (χ3n) is 3.03. The lowest BCUT2D eigenvalue weighted by Gasteiger charge is -2.09. The Bertz CT molecular complexity index is 728. The van der Waals surface area contributed by atoms with Gasteiger partial charge in [-0.15, -0.1) is 0 Å². The molecule has 8 heteroatoms. The number of aliphatic hydroxyl groups is 1. The van der Waals surface area contributed by atoms with Gasteiger partial charge in [0.2, 0.25) is 10.0 Å². The van der Waals surface area contributed by atoms with Crippen molar-refractivity contribution in [2.24, 2.45) is 7.05 Å². The topological polar surface area (TPSA) is 84.2 Å². The molecule has 1 aromatic heterocycles. The molecule has 0 atom stereocenters. The van der Waals surface area contributed by atoms with Crippen molar-refractivity contribution in [2.45, 2.75) is 17.9 Å². The minimum Gasteiger partial charge on any atom is -0.392 e.